The Morgan fingerprint density at radius 2 is 2.25 bits per heavy atom. The molecule has 84 valence electrons. The minimum Gasteiger partial charge on any atom is -0.361 e. The Balaban J connectivity index is 2.24. The number of aromatic amines is 1. The fraction of sp³-hybridized carbons (Fsp3) is 0.182. The topological polar surface area (TPSA) is 68.1 Å². The van der Waals surface area contributed by atoms with Crippen molar-refractivity contribution in [2.24, 2.45) is 5.73 Å². The summed E-state index contributed by atoms with van der Waals surface area (Å²) in [6, 6.07) is 6.63. The Bertz CT molecular complexity index is 509. The smallest absolute Gasteiger partial charge is 0.361 e. The highest BCUT2D eigenvalue weighted by Crippen LogP contribution is 2.18. The van der Waals surface area contributed by atoms with Crippen LogP contribution in [0.25, 0.3) is 10.9 Å². The third-order valence-electron chi connectivity index (χ3n) is 2.49. The van der Waals surface area contributed by atoms with E-state index >= 15 is 0 Å². The van der Waals surface area contributed by atoms with Crippen LogP contribution in [0.2, 0.25) is 0 Å². The number of rotatable bonds is 3. The van der Waals surface area contributed by atoms with Crippen molar-refractivity contribution < 1.29 is 14.3 Å². The number of fused-ring (bicyclic) bond motifs is 1. The summed E-state index contributed by atoms with van der Waals surface area (Å²) in [6.07, 6.45) is 2.00. The summed E-state index contributed by atoms with van der Waals surface area (Å²) in [5.74, 6) is -1.05. The van der Waals surface area contributed by atoms with Crippen LogP contribution in [-0.2, 0) is 16.2 Å². The van der Waals surface area contributed by atoms with Crippen molar-refractivity contribution in [2.75, 3.05) is 0 Å². The molecule has 4 nitrogen and oxygen atoms in total. The number of hydrogen-bond donors (Lipinski definition) is 2. The van der Waals surface area contributed by atoms with Crippen LogP contribution in [0.15, 0.2) is 30.5 Å². The van der Waals surface area contributed by atoms with Gasteiger partial charge in [0, 0.05) is 28.0 Å². The molecule has 0 spiro atoms. The molecule has 3 N–H and O–H groups in total. The molecule has 2 rings (SSSR count). The zero-order valence-electron chi connectivity index (χ0n) is 8.44. The van der Waals surface area contributed by atoms with Gasteiger partial charge in [-0.05, 0) is 11.6 Å². The number of hydrogen-bond acceptors (Lipinski definition) is 3. The van der Waals surface area contributed by atoms with Gasteiger partial charge in [0.1, 0.15) is 6.04 Å². The highest BCUT2D eigenvalue weighted by atomic mass is 19.3. The SMILES string of the molecule is NC(Cc1c[nH]c2ccccc12)C(=O)OF. The summed E-state index contributed by atoms with van der Waals surface area (Å²) >= 11 is 0. The van der Waals surface area contributed by atoms with E-state index in [-0.39, 0.29) is 6.42 Å². The van der Waals surface area contributed by atoms with Crippen molar-refractivity contribution in [3.05, 3.63) is 36.0 Å². The molecular weight excluding hydrogens is 211 g/mol. The third kappa shape index (κ3) is 1.90. The lowest BCUT2D eigenvalue weighted by atomic mass is 10.1. The molecule has 1 aromatic carbocycles. The monoisotopic (exact) mass is 222 g/mol. The third-order valence-corrected chi connectivity index (χ3v) is 2.49. The van der Waals surface area contributed by atoms with Crippen LogP contribution in [0.3, 0.4) is 0 Å². The molecule has 0 aliphatic heterocycles. The van der Waals surface area contributed by atoms with Crippen molar-refractivity contribution in [2.45, 2.75) is 12.5 Å². The van der Waals surface area contributed by atoms with E-state index in [0.717, 1.165) is 16.5 Å². The van der Waals surface area contributed by atoms with E-state index < -0.39 is 12.0 Å². The second kappa shape index (κ2) is 4.32. The Morgan fingerprint density at radius 3 is 3.00 bits per heavy atom. The fourth-order valence-corrected chi connectivity index (χ4v) is 1.68. The summed E-state index contributed by atoms with van der Waals surface area (Å²) in [7, 11) is 0. The van der Waals surface area contributed by atoms with E-state index in [1.807, 2.05) is 24.3 Å². The van der Waals surface area contributed by atoms with Crippen LogP contribution in [0.4, 0.5) is 4.53 Å². The predicted octanol–water partition coefficient (Wildman–Crippen LogP) is 1.47. The van der Waals surface area contributed by atoms with E-state index in [9.17, 15) is 9.32 Å². The fourth-order valence-electron chi connectivity index (χ4n) is 1.68. The van der Waals surface area contributed by atoms with Gasteiger partial charge in [-0.1, -0.05) is 18.2 Å². The van der Waals surface area contributed by atoms with Crippen LogP contribution in [0.1, 0.15) is 5.56 Å². The second-order valence-electron chi connectivity index (χ2n) is 3.57. The van der Waals surface area contributed by atoms with Crippen LogP contribution in [-0.4, -0.2) is 17.0 Å². The number of para-hydroxylation sites is 1. The summed E-state index contributed by atoms with van der Waals surface area (Å²) < 4.78 is 11.6. The van der Waals surface area contributed by atoms with Crippen molar-refractivity contribution in [1.82, 2.24) is 4.98 Å². The van der Waals surface area contributed by atoms with E-state index in [4.69, 9.17) is 5.73 Å². The molecule has 0 radical (unpaired) electrons. The standard InChI is InChI=1S/C11H11FN2O2/c12-16-11(15)9(13)5-7-6-14-10-4-2-1-3-8(7)10/h1-4,6,9,14H,5,13H2. The highest BCUT2D eigenvalue weighted by molar-refractivity contribution is 5.84. The lowest BCUT2D eigenvalue weighted by molar-refractivity contribution is -0.185. The van der Waals surface area contributed by atoms with E-state index in [2.05, 4.69) is 9.93 Å². The highest BCUT2D eigenvalue weighted by Gasteiger charge is 2.18. The van der Waals surface area contributed by atoms with E-state index in [1.54, 1.807) is 6.20 Å². The molecule has 1 atom stereocenters. The summed E-state index contributed by atoms with van der Waals surface area (Å²) in [4.78, 5) is 17.0. The average molecular weight is 222 g/mol. The van der Waals surface area contributed by atoms with Gasteiger partial charge in [-0.25, -0.2) is 4.79 Å². The molecule has 0 amide bonds. The number of carbonyl (C=O) groups is 1. The van der Waals surface area contributed by atoms with Gasteiger partial charge < -0.3 is 10.7 Å². The van der Waals surface area contributed by atoms with Gasteiger partial charge in [-0.2, -0.15) is 0 Å². The summed E-state index contributed by atoms with van der Waals surface area (Å²) in [6.45, 7) is 0. The van der Waals surface area contributed by atoms with Gasteiger partial charge >= 0.3 is 5.97 Å². The molecule has 1 aromatic heterocycles. The van der Waals surface area contributed by atoms with Gasteiger partial charge in [0.25, 0.3) is 0 Å². The van der Waals surface area contributed by atoms with Crippen LogP contribution in [0.5, 0.6) is 0 Å². The number of carbonyl (C=O) groups excluding carboxylic acids is 1. The first-order chi connectivity index (χ1) is 7.72. The molecular formula is C11H11FN2O2. The van der Waals surface area contributed by atoms with Gasteiger partial charge in [-0.15, -0.1) is 0 Å². The molecule has 0 saturated heterocycles. The first-order valence-electron chi connectivity index (χ1n) is 4.85. The zero-order chi connectivity index (χ0) is 11.5. The predicted molar refractivity (Wildman–Crippen MR) is 57.2 cm³/mol. The van der Waals surface area contributed by atoms with Crippen molar-refractivity contribution in [3.8, 4) is 0 Å². The first kappa shape index (κ1) is 10.6. The molecule has 0 saturated carbocycles. The van der Waals surface area contributed by atoms with Gasteiger partial charge in [-0.3, -0.25) is 4.94 Å². The molecule has 1 unspecified atom stereocenters. The van der Waals surface area contributed by atoms with Gasteiger partial charge in [0.2, 0.25) is 0 Å². The Kier molecular flexibility index (Phi) is 2.87. The van der Waals surface area contributed by atoms with Crippen LogP contribution < -0.4 is 5.73 Å². The average Bonchev–Trinajstić information content (AvgIpc) is 2.72. The minimum absolute atomic E-state index is 0.243. The number of nitrogens with two attached hydrogens (primary N) is 1. The molecule has 2 aromatic rings. The molecule has 16 heavy (non-hydrogen) atoms. The maximum atomic E-state index is 11.6. The van der Waals surface area contributed by atoms with E-state index in [1.165, 1.54) is 0 Å². The molecule has 0 bridgehead atoms. The quantitative estimate of drug-likeness (QED) is 0.826. The number of H-pyrrole nitrogens is 1. The number of halogens is 1. The van der Waals surface area contributed by atoms with Crippen molar-refractivity contribution in [1.29, 1.82) is 0 Å². The Morgan fingerprint density at radius 1 is 1.50 bits per heavy atom. The first-order valence-corrected chi connectivity index (χ1v) is 4.85. The summed E-state index contributed by atoms with van der Waals surface area (Å²) in [5, 5.41) is 0.976. The Labute approximate surface area is 91.1 Å². The maximum absolute atomic E-state index is 11.6. The molecule has 0 aliphatic rings. The van der Waals surface area contributed by atoms with Gasteiger partial charge in [0.05, 0.1) is 0 Å². The lowest BCUT2D eigenvalue weighted by Crippen LogP contribution is -2.32. The molecule has 0 aliphatic carbocycles. The zero-order valence-corrected chi connectivity index (χ0v) is 8.44. The van der Waals surface area contributed by atoms with Crippen molar-refractivity contribution in [3.63, 3.8) is 0 Å². The lowest BCUT2D eigenvalue weighted by Gasteiger charge is -2.05. The minimum atomic E-state index is -1.05. The van der Waals surface area contributed by atoms with E-state index in [0.29, 0.717) is 0 Å². The maximum Gasteiger partial charge on any atom is 0.365 e. The van der Waals surface area contributed by atoms with Gasteiger partial charge in [0.15, 0.2) is 0 Å². The second-order valence-corrected chi connectivity index (χ2v) is 3.57. The number of benzene rings is 1. The normalized spacial score (nSPS) is 12.6. The van der Waals surface area contributed by atoms with Crippen molar-refractivity contribution >= 4 is 16.9 Å². The van der Waals surface area contributed by atoms with Crippen LogP contribution >= 0.6 is 0 Å². The number of aromatic nitrogens is 1. The largest absolute Gasteiger partial charge is 0.365 e. The number of nitrogens with one attached hydrogen (secondary N) is 1. The molecule has 1 heterocycles. The summed E-state index contributed by atoms with van der Waals surface area (Å²) in [5.41, 5.74) is 7.31. The van der Waals surface area contributed by atoms with Crippen LogP contribution in [0, 0.1) is 0 Å². The molecule has 5 heteroatoms. The molecule has 0 fully saturated rings. The Hall–Kier alpha value is -1.88.